The highest BCUT2D eigenvalue weighted by Gasteiger charge is 2.25. The predicted octanol–water partition coefficient (Wildman–Crippen LogP) is 8.01. The van der Waals surface area contributed by atoms with E-state index in [0.29, 0.717) is 23.2 Å². The van der Waals surface area contributed by atoms with Crippen LogP contribution in [0.1, 0.15) is 152 Å². The molecule has 8 nitrogen and oxygen atoms in total. The first-order valence-electron chi connectivity index (χ1n) is 20.9. The summed E-state index contributed by atoms with van der Waals surface area (Å²) in [5.74, 6) is 0.324. The number of hydrogen-bond acceptors (Lipinski definition) is 8. The Morgan fingerprint density at radius 2 is 0.923 bits per heavy atom. The molecule has 4 rings (SSSR count). The third-order valence-corrected chi connectivity index (χ3v) is 11.3. The molecular formula is C44H74N2O6. The van der Waals surface area contributed by atoms with Gasteiger partial charge >= 0.3 is 0 Å². The van der Waals surface area contributed by atoms with E-state index < -0.39 is 0 Å². The molecule has 2 aromatic carbocycles. The molecule has 0 bridgehead atoms. The molecule has 4 unspecified atom stereocenters. The molecular weight excluding hydrogens is 652 g/mol. The molecule has 52 heavy (non-hydrogen) atoms. The number of hydrogen-bond donors (Lipinski definition) is 6. The van der Waals surface area contributed by atoms with Gasteiger partial charge in [-0.25, -0.2) is 0 Å². The molecule has 2 aromatic rings. The summed E-state index contributed by atoms with van der Waals surface area (Å²) in [5, 5.41) is 59.1. The van der Waals surface area contributed by atoms with Crippen LogP contribution in [0.4, 0.5) is 0 Å². The van der Waals surface area contributed by atoms with Gasteiger partial charge in [-0.1, -0.05) is 77.3 Å². The van der Waals surface area contributed by atoms with Crippen LogP contribution < -0.4 is 0 Å². The second-order valence-corrected chi connectivity index (χ2v) is 15.6. The molecule has 2 fully saturated rings. The molecule has 2 aliphatic heterocycles. The van der Waals surface area contributed by atoms with Crippen LogP contribution >= 0.6 is 0 Å². The zero-order valence-corrected chi connectivity index (χ0v) is 32.7. The molecule has 2 heterocycles. The third kappa shape index (κ3) is 16.4. The summed E-state index contributed by atoms with van der Waals surface area (Å²) in [6, 6.07) is 11.9. The van der Waals surface area contributed by atoms with Crippen molar-refractivity contribution in [1.82, 2.24) is 9.80 Å². The minimum Gasteiger partial charge on any atom is -0.508 e. The number of aryl methyl sites for hydroxylation is 2. The minimum atomic E-state index is -0.204. The van der Waals surface area contributed by atoms with E-state index in [0.717, 1.165) is 102 Å². The Kier molecular flexibility index (Phi) is 21.9. The zero-order chi connectivity index (χ0) is 37.6. The lowest BCUT2D eigenvalue weighted by Gasteiger charge is -2.29. The van der Waals surface area contributed by atoms with E-state index in [4.69, 9.17) is 0 Å². The standard InChI is InChI=1S/C23H39NO3.C21H35NO3/c1-2-3-4-5-6-9-22(26)17-21(24-14-7-8-15-24)12-10-19-11-13-23(27)20(16-19)18-25;1-2-3-4-7-20(24)15-19(22-12-5-6-13-22)10-8-17-9-11-21(25)18(14-17)16-23/h11,13,16,21-22,25-27H,2-10,12,14-15,17-18H2,1H3;9,11,14,19-20,23-25H,2-8,10,12-13,15-16H2,1H3. The van der Waals surface area contributed by atoms with E-state index in [9.17, 15) is 30.6 Å². The molecule has 2 saturated heterocycles. The fourth-order valence-electron chi connectivity index (χ4n) is 8.10. The van der Waals surface area contributed by atoms with Gasteiger partial charge in [0.05, 0.1) is 25.4 Å². The number of aromatic hydroxyl groups is 2. The Labute approximate surface area is 315 Å². The lowest BCUT2D eigenvalue weighted by molar-refractivity contribution is 0.0998. The maximum atomic E-state index is 10.6. The summed E-state index contributed by atoms with van der Waals surface area (Å²) in [4.78, 5) is 5.09. The van der Waals surface area contributed by atoms with Crippen LogP contribution in [0.15, 0.2) is 36.4 Å². The first kappa shape index (κ1) is 44.2. The smallest absolute Gasteiger partial charge is 0.121 e. The summed E-state index contributed by atoms with van der Waals surface area (Å²) in [5.41, 5.74) is 3.48. The van der Waals surface area contributed by atoms with Gasteiger partial charge in [0, 0.05) is 23.2 Å². The van der Waals surface area contributed by atoms with Crippen LogP contribution in [0, 0.1) is 0 Å². The van der Waals surface area contributed by atoms with Gasteiger partial charge in [-0.15, -0.1) is 0 Å². The van der Waals surface area contributed by atoms with Gasteiger partial charge in [-0.05, 0) is 139 Å². The van der Waals surface area contributed by atoms with Crippen molar-refractivity contribution < 1.29 is 30.6 Å². The van der Waals surface area contributed by atoms with E-state index >= 15 is 0 Å². The second-order valence-electron chi connectivity index (χ2n) is 15.6. The van der Waals surface area contributed by atoms with Crippen molar-refractivity contribution in [3.8, 4) is 11.5 Å². The van der Waals surface area contributed by atoms with Crippen molar-refractivity contribution in [2.24, 2.45) is 0 Å². The average molecular weight is 727 g/mol. The summed E-state index contributed by atoms with van der Waals surface area (Å²) < 4.78 is 0. The molecule has 0 radical (unpaired) electrons. The molecule has 6 N–H and O–H groups in total. The van der Waals surface area contributed by atoms with Crippen molar-refractivity contribution in [1.29, 1.82) is 0 Å². The van der Waals surface area contributed by atoms with Gasteiger partial charge in [0.1, 0.15) is 11.5 Å². The maximum absolute atomic E-state index is 10.6. The number of benzene rings is 2. The largest absolute Gasteiger partial charge is 0.508 e. The van der Waals surface area contributed by atoms with Gasteiger partial charge in [0.2, 0.25) is 0 Å². The quantitative estimate of drug-likeness (QED) is 0.0601. The summed E-state index contributed by atoms with van der Waals surface area (Å²) in [7, 11) is 0. The lowest BCUT2D eigenvalue weighted by atomic mass is 9.96. The molecule has 4 atom stereocenters. The van der Waals surface area contributed by atoms with E-state index in [1.807, 2.05) is 24.3 Å². The molecule has 0 aromatic heterocycles. The third-order valence-electron chi connectivity index (χ3n) is 11.3. The van der Waals surface area contributed by atoms with Crippen LogP contribution in [-0.4, -0.2) is 90.9 Å². The van der Waals surface area contributed by atoms with Crippen LogP contribution in [-0.2, 0) is 26.1 Å². The maximum Gasteiger partial charge on any atom is 0.121 e. The lowest BCUT2D eigenvalue weighted by Crippen LogP contribution is -2.36. The molecule has 2 aliphatic rings. The number of likely N-dealkylation sites (tertiary alicyclic amines) is 2. The Bertz CT molecular complexity index is 1220. The first-order valence-corrected chi connectivity index (χ1v) is 20.9. The van der Waals surface area contributed by atoms with Gasteiger partial charge in [-0.2, -0.15) is 0 Å². The monoisotopic (exact) mass is 727 g/mol. The summed E-state index contributed by atoms with van der Waals surface area (Å²) in [6.07, 6.45) is 21.7. The summed E-state index contributed by atoms with van der Waals surface area (Å²) >= 11 is 0. The Balaban J connectivity index is 0.000000281. The molecule has 0 saturated carbocycles. The fraction of sp³-hybridized carbons (Fsp3) is 0.727. The van der Waals surface area contributed by atoms with Crippen LogP contribution in [0.25, 0.3) is 0 Å². The zero-order valence-electron chi connectivity index (χ0n) is 32.7. The average Bonchev–Trinajstić information content (AvgIpc) is 3.89. The Hall–Kier alpha value is -2.20. The second kappa shape index (κ2) is 25.8. The number of nitrogens with zero attached hydrogens (tertiary/aromatic N) is 2. The van der Waals surface area contributed by atoms with E-state index in [1.54, 1.807) is 12.1 Å². The number of rotatable bonds is 24. The van der Waals surface area contributed by atoms with E-state index in [1.165, 1.54) is 64.2 Å². The highest BCUT2D eigenvalue weighted by Crippen LogP contribution is 2.26. The van der Waals surface area contributed by atoms with E-state index in [2.05, 4.69) is 23.6 Å². The van der Waals surface area contributed by atoms with Crippen molar-refractivity contribution in [2.45, 2.75) is 180 Å². The molecule has 8 heteroatoms. The van der Waals surface area contributed by atoms with Crippen molar-refractivity contribution in [2.75, 3.05) is 26.2 Å². The van der Waals surface area contributed by atoms with Crippen molar-refractivity contribution in [3.63, 3.8) is 0 Å². The van der Waals surface area contributed by atoms with Crippen molar-refractivity contribution >= 4 is 0 Å². The van der Waals surface area contributed by atoms with Gasteiger partial charge in [0.15, 0.2) is 0 Å². The number of aliphatic hydroxyl groups is 4. The first-order chi connectivity index (χ1) is 25.3. The normalized spacial score (nSPS) is 17.5. The van der Waals surface area contributed by atoms with E-state index in [-0.39, 0.29) is 36.9 Å². The number of phenols is 2. The van der Waals surface area contributed by atoms with Crippen molar-refractivity contribution in [3.05, 3.63) is 58.7 Å². The van der Waals surface area contributed by atoms with Gasteiger partial charge in [-0.3, -0.25) is 0 Å². The molecule has 0 amide bonds. The fourth-order valence-corrected chi connectivity index (χ4v) is 8.10. The van der Waals surface area contributed by atoms with Crippen LogP contribution in [0.3, 0.4) is 0 Å². The molecule has 0 spiro atoms. The number of aliphatic hydroxyl groups excluding tert-OH is 4. The predicted molar refractivity (Wildman–Crippen MR) is 213 cm³/mol. The van der Waals surface area contributed by atoms with Gasteiger partial charge < -0.3 is 40.4 Å². The van der Waals surface area contributed by atoms with Gasteiger partial charge in [0.25, 0.3) is 0 Å². The SMILES string of the molecule is CCCCCC(O)CC(CCc1ccc(O)c(CO)c1)N1CCCC1.CCCCCCCC(O)CC(CCc1ccc(O)c(CO)c1)N1CCCC1. The molecule has 0 aliphatic carbocycles. The highest BCUT2D eigenvalue weighted by atomic mass is 16.3. The summed E-state index contributed by atoms with van der Waals surface area (Å²) in [6.45, 7) is 8.73. The Morgan fingerprint density at radius 3 is 1.33 bits per heavy atom. The Morgan fingerprint density at radius 1 is 0.538 bits per heavy atom. The minimum absolute atomic E-state index is 0.133. The molecule has 296 valence electrons. The topological polar surface area (TPSA) is 128 Å². The highest BCUT2D eigenvalue weighted by molar-refractivity contribution is 5.36. The number of unbranched alkanes of at least 4 members (excludes halogenated alkanes) is 6. The van der Waals surface area contributed by atoms with Crippen LogP contribution in [0.2, 0.25) is 0 Å². The van der Waals surface area contributed by atoms with Crippen LogP contribution in [0.5, 0.6) is 11.5 Å².